The average molecular weight is 351 g/mol. The van der Waals surface area contributed by atoms with Gasteiger partial charge in [-0.25, -0.2) is 0 Å². The predicted octanol–water partition coefficient (Wildman–Crippen LogP) is 4.97. The molecular formula is C15H9BrClNO2. The smallest absolute Gasteiger partial charge is 0.159 e. The number of hydrogen-bond donors (Lipinski definition) is 0. The fourth-order valence-electron chi connectivity index (χ4n) is 1.62. The molecule has 100 valence electrons. The highest BCUT2D eigenvalue weighted by Crippen LogP contribution is 2.34. The monoisotopic (exact) mass is 349 g/mol. The summed E-state index contributed by atoms with van der Waals surface area (Å²) in [4.78, 5) is 11.3. The second-order valence-corrected chi connectivity index (χ2v) is 5.29. The molecule has 0 fully saturated rings. The molecule has 0 aliphatic rings. The third-order valence-corrected chi connectivity index (χ3v) is 3.60. The molecule has 0 saturated carbocycles. The van der Waals surface area contributed by atoms with Crippen LogP contribution in [-0.2, 0) is 0 Å². The summed E-state index contributed by atoms with van der Waals surface area (Å²) < 4.78 is 6.30. The Labute approximate surface area is 129 Å². The van der Waals surface area contributed by atoms with E-state index in [1.165, 1.54) is 6.92 Å². The average Bonchev–Trinajstić information content (AvgIpc) is 2.41. The maximum absolute atomic E-state index is 11.3. The van der Waals surface area contributed by atoms with Crippen LogP contribution in [0.3, 0.4) is 0 Å². The Balaban J connectivity index is 2.39. The van der Waals surface area contributed by atoms with E-state index in [0.717, 1.165) is 0 Å². The second kappa shape index (κ2) is 6.08. The highest BCUT2D eigenvalue weighted by molar-refractivity contribution is 9.10. The third-order valence-electron chi connectivity index (χ3n) is 2.65. The SMILES string of the molecule is CC(=O)c1ccc(Oc2cccc(Br)c2C#N)c(Cl)c1. The van der Waals surface area contributed by atoms with E-state index in [4.69, 9.17) is 21.6 Å². The van der Waals surface area contributed by atoms with Crippen LogP contribution in [0.2, 0.25) is 5.02 Å². The molecule has 2 aromatic rings. The van der Waals surface area contributed by atoms with Crippen molar-refractivity contribution in [1.29, 1.82) is 5.26 Å². The van der Waals surface area contributed by atoms with E-state index in [0.29, 0.717) is 32.1 Å². The lowest BCUT2D eigenvalue weighted by molar-refractivity contribution is 0.101. The summed E-state index contributed by atoms with van der Waals surface area (Å²) in [5.41, 5.74) is 0.899. The fraction of sp³-hybridized carbons (Fsp3) is 0.0667. The first-order valence-corrected chi connectivity index (χ1v) is 6.87. The van der Waals surface area contributed by atoms with Crippen molar-refractivity contribution in [2.45, 2.75) is 6.92 Å². The number of carbonyl (C=O) groups is 1. The number of nitrogens with zero attached hydrogens (tertiary/aromatic N) is 1. The first kappa shape index (κ1) is 14.6. The van der Waals surface area contributed by atoms with Crippen LogP contribution in [0.15, 0.2) is 40.9 Å². The Hall–Kier alpha value is -1.83. The maximum atomic E-state index is 11.3. The zero-order chi connectivity index (χ0) is 14.7. The van der Waals surface area contributed by atoms with E-state index in [1.54, 1.807) is 36.4 Å². The number of Topliss-reactive ketones (excluding diaryl/α,β-unsaturated/α-hetero) is 1. The molecule has 0 spiro atoms. The van der Waals surface area contributed by atoms with Gasteiger partial charge in [-0.1, -0.05) is 17.7 Å². The quantitative estimate of drug-likeness (QED) is 0.734. The van der Waals surface area contributed by atoms with Gasteiger partial charge in [-0.15, -0.1) is 0 Å². The van der Waals surface area contributed by atoms with E-state index in [2.05, 4.69) is 22.0 Å². The first-order valence-electron chi connectivity index (χ1n) is 5.70. The van der Waals surface area contributed by atoms with Crippen LogP contribution >= 0.6 is 27.5 Å². The summed E-state index contributed by atoms with van der Waals surface area (Å²) in [7, 11) is 0. The van der Waals surface area contributed by atoms with Gasteiger partial charge in [0.25, 0.3) is 0 Å². The molecule has 2 aromatic carbocycles. The minimum atomic E-state index is -0.0707. The lowest BCUT2D eigenvalue weighted by atomic mass is 10.1. The molecule has 0 heterocycles. The Kier molecular flexibility index (Phi) is 4.43. The molecule has 0 atom stereocenters. The van der Waals surface area contributed by atoms with Crippen molar-refractivity contribution >= 4 is 33.3 Å². The molecule has 2 rings (SSSR count). The van der Waals surface area contributed by atoms with Gasteiger partial charge >= 0.3 is 0 Å². The van der Waals surface area contributed by atoms with Crippen molar-refractivity contribution in [3.8, 4) is 17.6 Å². The van der Waals surface area contributed by atoms with Crippen LogP contribution in [0.5, 0.6) is 11.5 Å². The minimum Gasteiger partial charge on any atom is -0.454 e. The van der Waals surface area contributed by atoms with Gasteiger partial charge in [-0.05, 0) is 53.2 Å². The molecule has 5 heteroatoms. The molecule has 0 saturated heterocycles. The van der Waals surface area contributed by atoms with Crippen molar-refractivity contribution in [1.82, 2.24) is 0 Å². The summed E-state index contributed by atoms with van der Waals surface area (Å²) in [6, 6.07) is 12.1. The molecule has 0 aromatic heterocycles. The Morgan fingerprint density at radius 2 is 2.05 bits per heavy atom. The van der Waals surface area contributed by atoms with Gasteiger partial charge in [-0.2, -0.15) is 5.26 Å². The van der Waals surface area contributed by atoms with Crippen molar-refractivity contribution in [3.63, 3.8) is 0 Å². The van der Waals surface area contributed by atoms with Crippen molar-refractivity contribution in [2.24, 2.45) is 0 Å². The number of halogens is 2. The normalized spacial score (nSPS) is 9.90. The number of nitriles is 1. The Morgan fingerprint density at radius 3 is 2.65 bits per heavy atom. The van der Waals surface area contributed by atoms with Gasteiger partial charge < -0.3 is 4.74 Å². The third kappa shape index (κ3) is 3.01. The number of ketones is 1. The fourth-order valence-corrected chi connectivity index (χ4v) is 2.27. The molecule has 0 unspecified atom stereocenters. The molecule has 0 N–H and O–H groups in total. The molecule has 0 bridgehead atoms. The molecular weight excluding hydrogens is 342 g/mol. The zero-order valence-electron chi connectivity index (χ0n) is 10.5. The summed E-state index contributed by atoms with van der Waals surface area (Å²) >= 11 is 9.38. The van der Waals surface area contributed by atoms with Crippen LogP contribution in [-0.4, -0.2) is 5.78 Å². The van der Waals surface area contributed by atoms with Crippen LogP contribution in [0, 0.1) is 11.3 Å². The van der Waals surface area contributed by atoms with Gasteiger partial charge in [0.15, 0.2) is 5.78 Å². The lowest BCUT2D eigenvalue weighted by Gasteiger charge is -2.10. The van der Waals surface area contributed by atoms with E-state index in [9.17, 15) is 4.79 Å². The van der Waals surface area contributed by atoms with E-state index >= 15 is 0 Å². The van der Waals surface area contributed by atoms with Gasteiger partial charge in [-0.3, -0.25) is 4.79 Å². The second-order valence-electron chi connectivity index (χ2n) is 4.03. The van der Waals surface area contributed by atoms with Gasteiger partial charge in [0, 0.05) is 10.0 Å². The number of benzene rings is 2. The number of carbonyl (C=O) groups excluding carboxylic acids is 1. The standard InChI is InChI=1S/C15H9BrClNO2/c1-9(19)10-5-6-15(13(17)7-10)20-14-4-2-3-12(16)11(14)8-18/h2-7H,1H3. The highest BCUT2D eigenvalue weighted by atomic mass is 79.9. The van der Waals surface area contributed by atoms with Crippen molar-refractivity contribution < 1.29 is 9.53 Å². The number of rotatable bonds is 3. The molecule has 20 heavy (non-hydrogen) atoms. The number of ether oxygens (including phenoxy) is 1. The van der Waals surface area contributed by atoms with E-state index < -0.39 is 0 Å². The van der Waals surface area contributed by atoms with E-state index in [1.807, 2.05) is 0 Å². The van der Waals surface area contributed by atoms with Crippen LogP contribution in [0.25, 0.3) is 0 Å². The summed E-state index contributed by atoms with van der Waals surface area (Å²) in [5.74, 6) is 0.726. The van der Waals surface area contributed by atoms with Crippen molar-refractivity contribution in [3.05, 3.63) is 57.0 Å². The zero-order valence-corrected chi connectivity index (χ0v) is 12.8. The van der Waals surface area contributed by atoms with Crippen LogP contribution in [0.1, 0.15) is 22.8 Å². The van der Waals surface area contributed by atoms with Crippen LogP contribution < -0.4 is 4.74 Å². The van der Waals surface area contributed by atoms with Crippen LogP contribution in [0.4, 0.5) is 0 Å². The molecule has 3 nitrogen and oxygen atoms in total. The lowest BCUT2D eigenvalue weighted by Crippen LogP contribution is -1.94. The topological polar surface area (TPSA) is 50.1 Å². The predicted molar refractivity (Wildman–Crippen MR) is 80.4 cm³/mol. The minimum absolute atomic E-state index is 0.0707. The molecule has 0 aliphatic heterocycles. The molecule has 0 aliphatic carbocycles. The summed E-state index contributed by atoms with van der Waals surface area (Å²) in [6.45, 7) is 1.47. The van der Waals surface area contributed by atoms with E-state index in [-0.39, 0.29) is 5.78 Å². The number of hydrogen-bond acceptors (Lipinski definition) is 3. The summed E-state index contributed by atoms with van der Waals surface area (Å²) in [5, 5.41) is 9.45. The maximum Gasteiger partial charge on any atom is 0.159 e. The van der Waals surface area contributed by atoms with Gasteiger partial charge in [0.05, 0.1) is 5.02 Å². The highest BCUT2D eigenvalue weighted by Gasteiger charge is 2.11. The van der Waals surface area contributed by atoms with Gasteiger partial charge in [0.2, 0.25) is 0 Å². The Morgan fingerprint density at radius 1 is 1.30 bits per heavy atom. The largest absolute Gasteiger partial charge is 0.454 e. The van der Waals surface area contributed by atoms with Crippen molar-refractivity contribution in [2.75, 3.05) is 0 Å². The molecule has 0 radical (unpaired) electrons. The van der Waals surface area contributed by atoms with Gasteiger partial charge in [0.1, 0.15) is 23.1 Å². The Bertz CT molecular complexity index is 722. The molecule has 0 amide bonds. The first-order chi connectivity index (χ1) is 9.52. The summed E-state index contributed by atoms with van der Waals surface area (Å²) in [6.07, 6.45) is 0.